The van der Waals surface area contributed by atoms with Crippen molar-refractivity contribution < 1.29 is 19.0 Å². The fourth-order valence-electron chi connectivity index (χ4n) is 2.23. The highest BCUT2D eigenvalue weighted by atomic mass is 16.7. The molecule has 1 aliphatic rings. The Hall–Kier alpha value is -1.95. The van der Waals surface area contributed by atoms with Crippen LogP contribution in [0.2, 0.25) is 0 Å². The molecule has 0 bridgehead atoms. The average Bonchev–Trinajstić information content (AvgIpc) is 2.98. The van der Waals surface area contributed by atoms with Crippen molar-refractivity contribution in [1.29, 1.82) is 0 Å². The lowest BCUT2D eigenvalue weighted by molar-refractivity contribution is 0.174. The zero-order chi connectivity index (χ0) is 15.6. The fourth-order valence-corrected chi connectivity index (χ4v) is 2.23. The molecule has 1 aromatic rings. The van der Waals surface area contributed by atoms with E-state index in [-0.39, 0.29) is 12.8 Å². The second-order valence-corrected chi connectivity index (χ2v) is 5.17. The normalized spacial score (nSPS) is 12.2. The Balaban J connectivity index is 1.55. The number of carbonyl (C=O) groups is 1. The van der Waals surface area contributed by atoms with Crippen LogP contribution < -0.4 is 20.1 Å². The molecule has 22 heavy (non-hydrogen) atoms. The van der Waals surface area contributed by atoms with Crippen LogP contribution in [0.1, 0.15) is 24.8 Å². The van der Waals surface area contributed by atoms with Crippen LogP contribution in [0.3, 0.4) is 0 Å². The van der Waals surface area contributed by atoms with Crippen LogP contribution in [0.25, 0.3) is 0 Å². The summed E-state index contributed by atoms with van der Waals surface area (Å²) in [6, 6.07) is 5.73. The van der Waals surface area contributed by atoms with Crippen molar-refractivity contribution in [2.24, 2.45) is 0 Å². The average molecular weight is 308 g/mol. The molecule has 0 fully saturated rings. The molecule has 1 aromatic carbocycles. The van der Waals surface area contributed by atoms with Crippen LogP contribution in [0.4, 0.5) is 4.79 Å². The molecule has 0 saturated carbocycles. The second kappa shape index (κ2) is 9.15. The zero-order valence-corrected chi connectivity index (χ0v) is 13.0. The van der Waals surface area contributed by atoms with Gasteiger partial charge in [0.2, 0.25) is 6.79 Å². The number of benzene rings is 1. The number of fused-ring (bicyclic) bond motifs is 1. The number of ether oxygens (including phenoxy) is 3. The van der Waals surface area contributed by atoms with Gasteiger partial charge in [0, 0.05) is 26.8 Å². The SMILES string of the molecule is COCCCCCNC(=O)NCCc1ccc2c(c1)OCO2. The van der Waals surface area contributed by atoms with Crippen molar-refractivity contribution in [1.82, 2.24) is 10.6 Å². The molecule has 0 saturated heterocycles. The Bertz CT molecular complexity index is 479. The quantitative estimate of drug-likeness (QED) is 0.685. The number of rotatable bonds is 9. The first kappa shape index (κ1) is 16.4. The van der Waals surface area contributed by atoms with E-state index in [1.165, 1.54) is 0 Å². The van der Waals surface area contributed by atoms with Crippen LogP contribution in [-0.2, 0) is 11.2 Å². The smallest absolute Gasteiger partial charge is 0.314 e. The van der Waals surface area contributed by atoms with Gasteiger partial charge in [-0.3, -0.25) is 0 Å². The summed E-state index contributed by atoms with van der Waals surface area (Å²) in [5.41, 5.74) is 1.11. The number of nitrogens with one attached hydrogen (secondary N) is 2. The van der Waals surface area contributed by atoms with Crippen LogP contribution >= 0.6 is 0 Å². The van der Waals surface area contributed by atoms with E-state index in [4.69, 9.17) is 14.2 Å². The van der Waals surface area contributed by atoms with Gasteiger partial charge in [-0.15, -0.1) is 0 Å². The Kier molecular flexibility index (Phi) is 6.83. The third kappa shape index (κ3) is 5.44. The highest BCUT2D eigenvalue weighted by Crippen LogP contribution is 2.32. The van der Waals surface area contributed by atoms with Gasteiger partial charge in [0.1, 0.15) is 0 Å². The van der Waals surface area contributed by atoms with Gasteiger partial charge in [-0.05, 0) is 43.4 Å². The number of carbonyl (C=O) groups excluding carboxylic acids is 1. The van der Waals surface area contributed by atoms with Crippen LogP contribution in [0, 0.1) is 0 Å². The number of hydrogen-bond acceptors (Lipinski definition) is 4. The second-order valence-electron chi connectivity index (χ2n) is 5.17. The molecule has 0 aliphatic carbocycles. The standard InChI is InChI=1S/C16H24N2O4/c1-20-10-4-2-3-8-17-16(19)18-9-7-13-5-6-14-15(11-13)22-12-21-14/h5-6,11H,2-4,7-10,12H2,1H3,(H2,17,18,19). The maximum absolute atomic E-state index is 11.6. The molecule has 1 heterocycles. The molecule has 2 rings (SSSR count). The highest BCUT2D eigenvalue weighted by molar-refractivity contribution is 5.73. The Morgan fingerprint density at radius 2 is 1.95 bits per heavy atom. The maximum atomic E-state index is 11.6. The minimum absolute atomic E-state index is 0.118. The topological polar surface area (TPSA) is 68.8 Å². The first-order valence-electron chi connectivity index (χ1n) is 7.69. The van der Waals surface area contributed by atoms with E-state index >= 15 is 0 Å². The van der Waals surface area contributed by atoms with Gasteiger partial charge in [0.25, 0.3) is 0 Å². The van der Waals surface area contributed by atoms with E-state index in [1.807, 2.05) is 18.2 Å². The first-order valence-corrected chi connectivity index (χ1v) is 7.69. The minimum Gasteiger partial charge on any atom is -0.454 e. The van der Waals surface area contributed by atoms with E-state index in [9.17, 15) is 4.79 Å². The third-order valence-electron chi connectivity index (χ3n) is 3.45. The van der Waals surface area contributed by atoms with Crippen LogP contribution in [-0.4, -0.2) is 39.6 Å². The maximum Gasteiger partial charge on any atom is 0.314 e. The molecule has 0 spiro atoms. The number of urea groups is 1. The summed E-state index contributed by atoms with van der Waals surface area (Å²) in [6.07, 6.45) is 3.83. The van der Waals surface area contributed by atoms with Gasteiger partial charge in [0.05, 0.1) is 0 Å². The largest absolute Gasteiger partial charge is 0.454 e. The van der Waals surface area contributed by atoms with Crippen molar-refractivity contribution in [2.45, 2.75) is 25.7 Å². The van der Waals surface area contributed by atoms with E-state index in [0.29, 0.717) is 13.1 Å². The monoisotopic (exact) mass is 308 g/mol. The molecule has 2 amide bonds. The van der Waals surface area contributed by atoms with E-state index < -0.39 is 0 Å². The lowest BCUT2D eigenvalue weighted by Crippen LogP contribution is -2.37. The van der Waals surface area contributed by atoms with E-state index in [2.05, 4.69) is 10.6 Å². The van der Waals surface area contributed by atoms with Crippen molar-refractivity contribution >= 4 is 6.03 Å². The number of methoxy groups -OCH3 is 1. The molecule has 122 valence electrons. The molecule has 2 N–H and O–H groups in total. The summed E-state index contributed by atoms with van der Waals surface area (Å²) in [4.78, 5) is 11.6. The summed E-state index contributed by atoms with van der Waals surface area (Å²) in [5, 5.41) is 5.71. The molecular weight excluding hydrogens is 284 g/mol. The Morgan fingerprint density at radius 3 is 2.82 bits per heavy atom. The van der Waals surface area contributed by atoms with Crippen molar-refractivity contribution in [3.63, 3.8) is 0 Å². The van der Waals surface area contributed by atoms with E-state index in [0.717, 1.165) is 49.4 Å². The summed E-state index contributed by atoms with van der Waals surface area (Å²) in [5.74, 6) is 1.56. The first-order chi connectivity index (χ1) is 10.8. The molecule has 0 unspecified atom stereocenters. The van der Waals surface area contributed by atoms with Crippen LogP contribution in [0.5, 0.6) is 11.5 Å². The Morgan fingerprint density at radius 1 is 1.14 bits per heavy atom. The highest BCUT2D eigenvalue weighted by Gasteiger charge is 2.12. The van der Waals surface area contributed by atoms with Gasteiger partial charge in [0.15, 0.2) is 11.5 Å². The van der Waals surface area contributed by atoms with Gasteiger partial charge in [-0.1, -0.05) is 6.07 Å². The fraction of sp³-hybridized carbons (Fsp3) is 0.562. The predicted molar refractivity (Wildman–Crippen MR) is 83.4 cm³/mol. The van der Waals surface area contributed by atoms with Crippen molar-refractivity contribution in [3.05, 3.63) is 23.8 Å². The molecule has 0 aromatic heterocycles. The summed E-state index contributed by atoms with van der Waals surface area (Å²) in [6.45, 7) is 2.35. The molecular formula is C16H24N2O4. The summed E-state index contributed by atoms with van der Waals surface area (Å²) >= 11 is 0. The van der Waals surface area contributed by atoms with E-state index in [1.54, 1.807) is 7.11 Å². The number of amides is 2. The lowest BCUT2D eigenvalue weighted by Gasteiger charge is -2.08. The number of hydrogen-bond donors (Lipinski definition) is 2. The minimum atomic E-state index is -0.118. The summed E-state index contributed by atoms with van der Waals surface area (Å²) < 4.78 is 15.6. The van der Waals surface area contributed by atoms with Crippen LogP contribution in [0.15, 0.2) is 18.2 Å². The van der Waals surface area contributed by atoms with Crippen molar-refractivity contribution in [3.8, 4) is 11.5 Å². The van der Waals surface area contributed by atoms with Crippen molar-refractivity contribution in [2.75, 3.05) is 33.6 Å². The molecule has 6 nitrogen and oxygen atoms in total. The van der Waals surface area contributed by atoms with Gasteiger partial charge in [-0.2, -0.15) is 0 Å². The zero-order valence-electron chi connectivity index (χ0n) is 13.0. The lowest BCUT2D eigenvalue weighted by atomic mass is 10.1. The number of unbranched alkanes of at least 4 members (excludes halogenated alkanes) is 2. The van der Waals surface area contributed by atoms with Gasteiger partial charge in [-0.25, -0.2) is 4.79 Å². The van der Waals surface area contributed by atoms with Gasteiger partial charge >= 0.3 is 6.03 Å². The molecule has 0 atom stereocenters. The van der Waals surface area contributed by atoms with Gasteiger partial charge < -0.3 is 24.8 Å². The predicted octanol–water partition coefficient (Wildman–Crippen LogP) is 2.07. The molecule has 1 aliphatic heterocycles. The molecule has 6 heteroatoms. The summed E-state index contributed by atoms with van der Waals surface area (Å²) in [7, 11) is 1.70. The third-order valence-corrected chi connectivity index (χ3v) is 3.45. The Labute approximate surface area is 131 Å². The molecule has 0 radical (unpaired) electrons.